The number of hydrogen-bond acceptors (Lipinski definition) is 3. The Labute approximate surface area is 163 Å². The Kier molecular flexibility index (Phi) is 4.45. The van der Waals surface area contributed by atoms with Gasteiger partial charge in [-0.25, -0.2) is 13.8 Å². The normalized spacial score (nSPS) is 11.3. The highest BCUT2D eigenvalue weighted by atomic mass is 35.5. The Morgan fingerprint density at radius 2 is 1.81 bits per heavy atom. The molecule has 2 heterocycles. The van der Waals surface area contributed by atoms with Gasteiger partial charge in [0.15, 0.2) is 0 Å². The van der Waals surface area contributed by atoms with E-state index in [-0.39, 0.29) is 17.9 Å². The molecule has 0 amide bonds. The maximum absolute atomic E-state index is 13.2. The Morgan fingerprint density at radius 3 is 2.52 bits per heavy atom. The molecule has 0 saturated heterocycles. The molecule has 0 bridgehead atoms. The number of aromatic nitrogens is 4. The van der Waals surface area contributed by atoms with Gasteiger partial charge in [-0.1, -0.05) is 29.3 Å². The van der Waals surface area contributed by atoms with Crippen LogP contribution in [0.25, 0.3) is 16.6 Å². The first-order valence-corrected chi connectivity index (χ1v) is 8.85. The van der Waals surface area contributed by atoms with Crippen molar-refractivity contribution in [3.05, 3.63) is 86.1 Å². The first-order valence-electron chi connectivity index (χ1n) is 8.09. The molecule has 0 saturated carbocycles. The monoisotopic (exact) mass is 402 g/mol. The fourth-order valence-electron chi connectivity index (χ4n) is 2.92. The third-order valence-corrected chi connectivity index (χ3v) is 4.99. The molecular formula is C19H13Cl2FN4O. The summed E-state index contributed by atoms with van der Waals surface area (Å²) in [5.74, 6) is -0.356. The van der Waals surface area contributed by atoms with E-state index >= 15 is 0 Å². The highest BCUT2D eigenvalue weighted by Gasteiger charge is 2.15. The van der Waals surface area contributed by atoms with Crippen LogP contribution in [0.5, 0.6) is 0 Å². The van der Waals surface area contributed by atoms with E-state index in [1.165, 1.54) is 21.5 Å². The molecule has 8 heteroatoms. The summed E-state index contributed by atoms with van der Waals surface area (Å²) in [5.41, 5.74) is 2.14. The zero-order chi connectivity index (χ0) is 19.1. The second kappa shape index (κ2) is 6.79. The lowest BCUT2D eigenvalue weighted by Gasteiger charge is -2.09. The van der Waals surface area contributed by atoms with Gasteiger partial charge in [0.2, 0.25) is 0 Å². The summed E-state index contributed by atoms with van der Waals surface area (Å²) in [6, 6.07) is 11.0. The summed E-state index contributed by atoms with van der Waals surface area (Å²) >= 11 is 12.0. The standard InChI is InChI=1S/C19H13Cl2FN4O/c1-11-15-9-23-26(14-5-3-13(22)4-6-14)18(15)19(27)25(24-11)10-12-2-7-16(20)17(21)8-12/h2-9H,10H2,1H3. The third kappa shape index (κ3) is 3.22. The maximum Gasteiger partial charge on any atom is 0.293 e. The lowest BCUT2D eigenvalue weighted by atomic mass is 10.2. The number of benzene rings is 2. The Bertz CT molecular complexity index is 1220. The van der Waals surface area contributed by atoms with Crippen LogP contribution in [0.4, 0.5) is 4.39 Å². The van der Waals surface area contributed by atoms with Gasteiger partial charge in [-0.2, -0.15) is 10.2 Å². The first-order chi connectivity index (χ1) is 12.9. The van der Waals surface area contributed by atoms with Crippen LogP contribution >= 0.6 is 23.2 Å². The average molecular weight is 403 g/mol. The van der Waals surface area contributed by atoms with E-state index in [9.17, 15) is 9.18 Å². The van der Waals surface area contributed by atoms with Gasteiger partial charge in [0.25, 0.3) is 5.56 Å². The van der Waals surface area contributed by atoms with Gasteiger partial charge in [0.1, 0.15) is 11.3 Å². The zero-order valence-corrected chi connectivity index (χ0v) is 15.7. The second-order valence-corrected chi connectivity index (χ2v) is 6.91. The van der Waals surface area contributed by atoms with Crippen molar-refractivity contribution in [3.8, 4) is 5.69 Å². The molecule has 0 fully saturated rings. The Hall–Kier alpha value is -2.70. The molecule has 5 nitrogen and oxygen atoms in total. The first kappa shape index (κ1) is 17.7. The molecule has 0 radical (unpaired) electrons. The quantitative estimate of drug-likeness (QED) is 0.510. The van der Waals surface area contributed by atoms with Gasteiger partial charge in [-0.05, 0) is 48.9 Å². The highest BCUT2D eigenvalue weighted by molar-refractivity contribution is 6.42. The molecule has 0 N–H and O–H groups in total. The van der Waals surface area contributed by atoms with Crippen LogP contribution < -0.4 is 5.56 Å². The number of fused-ring (bicyclic) bond motifs is 1. The van der Waals surface area contributed by atoms with Crippen LogP contribution in [0, 0.1) is 12.7 Å². The Morgan fingerprint density at radius 1 is 1.07 bits per heavy atom. The maximum atomic E-state index is 13.2. The summed E-state index contributed by atoms with van der Waals surface area (Å²) in [7, 11) is 0. The van der Waals surface area contributed by atoms with Crippen molar-refractivity contribution in [3.63, 3.8) is 0 Å². The van der Waals surface area contributed by atoms with Gasteiger partial charge in [0.05, 0.1) is 34.2 Å². The smallest absolute Gasteiger partial charge is 0.265 e. The molecule has 0 spiro atoms. The fraction of sp³-hybridized carbons (Fsp3) is 0.105. The van der Waals surface area contributed by atoms with Crippen LogP contribution in [-0.4, -0.2) is 19.6 Å². The second-order valence-electron chi connectivity index (χ2n) is 6.09. The van der Waals surface area contributed by atoms with Gasteiger partial charge in [0, 0.05) is 5.39 Å². The summed E-state index contributed by atoms with van der Waals surface area (Å²) in [4.78, 5) is 13.1. The van der Waals surface area contributed by atoms with E-state index in [1.54, 1.807) is 36.5 Å². The summed E-state index contributed by atoms with van der Waals surface area (Å²) < 4.78 is 16.1. The van der Waals surface area contributed by atoms with Crippen molar-refractivity contribution in [2.75, 3.05) is 0 Å². The topological polar surface area (TPSA) is 52.7 Å². The minimum absolute atomic E-state index is 0.237. The molecule has 136 valence electrons. The van der Waals surface area contributed by atoms with Crippen LogP contribution in [0.3, 0.4) is 0 Å². The molecule has 0 aliphatic heterocycles. The number of halogens is 3. The van der Waals surface area contributed by atoms with Gasteiger partial charge < -0.3 is 0 Å². The number of nitrogens with zero attached hydrogens (tertiary/aromatic N) is 4. The molecule has 27 heavy (non-hydrogen) atoms. The van der Waals surface area contributed by atoms with E-state index in [2.05, 4.69) is 10.2 Å². The predicted molar refractivity (Wildman–Crippen MR) is 103 cm³/mol. The lowest BCUT2D eigenvalue weighted by molar-refractivity contribution is 0.626. The third-order valence-electron chi connectivity index (χ3n) is 4.25. The molecule has 0 aliphatic carbocycles. The van der Waals surface area contributed by atoms with Crippen LogP contribution in [0.2, 0.25) is 10.0 Å². The minimum Gasteiger partial charge on any atom is -0.265 e. The molecule has 2 aromatic heterocycles. The average Bonchev–Trinajstić information content (AvgIpc) is 3.09. The summed E-state index contributed by atoms with van der Waals surface area (Å²) in [6.07, 6.45) is 1.59. The SMILES string of the molecule is Cc1nn(Cc2ccc(Cl)c(Cl)c2)c(=O)c2c1cnn2-c1ccc(F)cc1. The lowest BCUT2D eigenvalue weighted by Crippen LogP contribution is -2.26. The van der Waals surface area contributed by atoms with Crippen LogP contribution in [-0.2, 0) is 6.54 Å². The molecular weight excluding hydrogens is 390 g/mol. The van der Waals surface area contributed by atoms with E-state index in [0.29, 0.717) is 32.3 Å². The van der Waals surface area contributed by atoms with Crippen molar-refractivity contribution in [2.45, 2.75) is 13.5 Å². The van der Waals surface area contributed by atoms with Gasteiger partial charge in [-0.15, -0.1) is 0 Å². The summed E-state index contributed by atoms with van der Waals surface area (Å²) in [6.45, 7) is 2.05. The molecule has 2 aromatic carbocycles. The van der Waals surface area contributed by atoms with Crippen molar-refractivity contribution in [2.24, 2.45) is 0 Å². The molecule has 0 atom stereocenters. The van der Waals surface area contributed by atoms with E-state index in [1.807, 2.05) is 6.92 Å². The van der Waals surface area contributed by atoms with Crippen LogP contribution in [0.1, 0.15) is 11.3 Å². The summed E-state index contributed by atoms with van der Waals surface area (Å²) in [5, 5.41) is 10.2. The molecule has 4 rings (SSSR count). The van der Waals surface area contributed by atoms with Gasteiger partial charge in [-0.3, -0.25) is 4.79 Å². The predicted octanol–water partition coefficient (Wildman–Crippen LogP) is 4.38. The van der Waals surface area contributed by atoms with Crippen molar-refractivity contribution < 1.29 is 4.39 Å². The molecule has 4 aromatic rings. The fourth-order valence-corrected chi connectivity index (χ4v) is 3.24. The van der Waals surface area contributed by atoms with Crippen molar-refractivity contribution in [1.29, 1.82) is 0 Å². The largest absolute Gasteiger partial charge is 0.293 e. The van der Waals surface area contributed by atoms with E-state index < -0.39 is 0 Å². The minimum atomic E-state index is -0.356. The highest BCUT2D eigenvalue weighted by Crippen LogP contribution is 2.23. The van der Waals surface area contributed by atoms with Gasteiger partial charge >= 0.3 is 0 Å². The molecule has 0 aliphatic rings. The van der Waals surface area contributed by atoms with Crippen molar-refractivity contribution >= 4 is 34.1 Å². The number of hydrogen-bond donors (Lipinski definition) is 0. The van der Waals surface area contributed by atoms with E-state index in [0.717, 1.165) is 5.56 Å². The molecule has 0 unspecified atom stereocenters. The Balaban J connectivity index is 1.86. The number of aryl methyl sites for hydroxylation is 1. The zero-order valence-electron chi connectivity index (χ0n) is 14.2. The van der Waals surface area contributed by atoms with Crippen molar-refractivity contribution in [1.82, 2.24) is 19.6 Å². The van der Waals surface area contributed by atoms with Crippen LogP contribution in [0.15, 0.2) is 53.5 Å². The van der Waals surface area contributed by atoms with E-state index in [4.69, 9.17) is 23.2 Å². The number of rotatable bonds is 3.